The van der Waals surface area contributed by atoms with E-state index in [0.717, 1.165) is 18.7 Å². The van der Waals surface area contributed by atoms with Crippen LogP contribution in [0.5, 0.6) is 0 Å². The van der Waals surface area contributed by atoms with Crippen LogP contribution in [0.3, 0.4) is 0 Å². The van der Waals surface area contributed by atoms with E-state index in [9.17, 15) is 4.79 Å². The summed E-state index contributed by atoms with van der Waals surface area (Å²) in [4.78, 5) is 11.9. The summed E-state index contributed by atoms with van der Waals surface area (Å²) in [5, 5.41) is 10.9. The molecular weight excluding hydrogens is 208 g/mol. The highest BCUT2D eigenvalue weighted by Gasteiger charge is 2.29. The molecule has 0 saturated carbocycles. The maximum absolute atomic E-state index is 11.9. The van der Waals surface area contributed by atoms with E-state index < -0.39 is 0 Å². The lowest BCUT2D eigenvalue weighted by atomic mass is 10.1. The molecule has 2 atom stereocenters. The van der Waals surface area contributed by atoms with Gasteiger partial charge in [-0.25, -0.2) is 0 Å². The molecule has 2 rings (SSSR count). The number of hydrogen-bond acceptors (Lipinski definition) is 5. The van der Waals surface area contributed by atoms with Crippen molar-refractivity contribution in [3.05, 3.63) is 11.9 Å². The second-order valence-corrected chi connectivity index (χ2v) is 4.08. The first-order valence-electron chi connectivity index (χ1n) is 5.33. The van der Waals surface area contributed by atoms with E-state index in [0.29, 0.717) is 6.42 Å². The number of nitrogens with one attached hydrogen (secondary N) is 1. The number of ketones is 1. The Morgan fingerprint density at radius 1 is 1.75 bits per heavy atom. The van der Waals surface area contributed by atoms with E-state index in [1.165, 1.54) is 0 Å². The Bertz CT molecular complexity index is 377. The number of methoxy groups -OCH3 is 1. The van der Waals surface area contributed by atoms with Gasteiger partial charge in [-0.15, -0.1) is 5.10 Å². The van der Waals surface area contributed by atoms with E-state index in [1.54, 1.807) is 25.0 Å². The first-order valence-corrected chi connectivity index (χ1v) is 5.33. The van der Waals surface area contributed by atoms with Crippen LogP contribution in [0.2, 0.25) is 0 Å². The van der Waals surface area contributed by atoms with Crippen molar-refractivity contribution in [2.24, 2.45) is 7.05 Å². The number of rotatable bonds is 4. The molecule has 0 bridgehead atoms. The lowest BCUT2D eigenvalue weighted by molar-refractivity contribution is -0.120. The van der Waals surface area contributed by atoms with E-state index in [-0.39, 0.29) is 17.9 Å². The zero-order valence-electron chi connectivity index (χ0n) is 9.51. The molecule has 0 spiro atoms. The average Bonchev–Trinajstić information content (AvgIpc) is 2.87. The summed E-state index contributed by atoms with van der Waals surface area (Å²) in [6.07, 6.45) is 2.99. The molecule has 0 aromatic carbocycles. The Morgan fingerprint density at radius 2 is 2.56 bits per heavy atom. The maximum atomic E-state index is 11.9. The zero-order valence-corrected chi connectivity index (χ0v) is 9.51. The highest BCUT2D eigenvalue weighted by molar-refractivity contribution is 5.86. The zero-order chi connectivity index (χ0) is 11.5. The van der Waals surface area contributed by atoms with Gasteiger partial charge in [0.25, 0.3) is 0 Å². The molecule has 6 nitrogen and oxygen atoms in total. The van der Waals surface area contributed by atoms with E-state index in [4.69, 9.17) is 4.74 Å². The molecule has 0 amide bonds. The van der Waals surface area contributed by atoms with Crippen molar-refractivity contribution >= 4 is 5.78 Å². The Labute approximate surface area is 94.0 Å². The third-order valence-electron chi connectivity index (χ3n) is 2.82. The lowest BCUT2D eigenvalue weighted by Gasteiger charge is -2.07. The predicted octanol–water partition coefficient (Wildman–Crippen LogP) is -0.696. The monoisotopic (exact) mass is 224 g/mol. The van der Waals surface area contributed by atoms with Crippen LogP contribution in [0.1, 0.15) is 12.1 Å². The highest BCUT2D eigenvalue weighted by Crippen LogP contribution is 2.11. The quantitative estimate of drug-likeness (QED) is 0.732. The van der Waals surface area contributed by atoms with Gasteiger partial charge in [0, 0.05) is 26.9 Å². The van der Waals surface area contributed by atoms with Gasteiger partial charge >= 0.3 is 0 Å². The molecule has 6 heteroatoms. The van der Waals surface area contributed by atoms with Gasteiger partial charge in [0.1, 0.15) is 0 Å². The Morgan fingerprint density at radius 3 is 3.12 bits per heavy atom. The normalized spacial score (nSPS) is 24.9. The van der Waals surface area contributed by atoms with Crippen LogP contribution in [0.25, 0.3) is 0 Å². The molecule has 1 saturated heterocycles. The molecule has 1 aromatic rings. The van der Waals surface area contributed by atoms with Crippen molar-refractivity contribution in [3.8, 4) is 0 Å². The van der Waals surface area contributed by atoms with Crippen molar-refractivity contribution in [1.82, 2.24) is 20.3 Å². The Balaban J connectivity index is 1.89. The molecular formula is C10H16N4O2. The Kier molecular flexibility index (Phi) is 3.31. The molecule has 1 N–H and O–H groups in total. The largest absolute Gasteiger partial charge is 0.380 e. The van der Waals surface area contributed by atoms with E-state index in [1.807, 2.05) is 0 Å². The van der Waals surface area contributed by atoms with Gasteiger partial charge in [-0.2, -0.15) is 0 Å². The SMILES string of the molecule is COC1CNC(C(=O)Cc2cn(C)nn2)C1. The van der Waals surface area contributed by atoms with Crippen LogP contribution in [-0.4, -0.2) is 46.6 Å². The van der Waals surface area contributed by atoms with Crippen LogP contribution >= 0.6 is 0 Å². The molecule has 1 aliphatic heterocycles. The van der Waals surface area contributed by atoms with Gasteiger partial charge in [0.15, 0.2) is 5.78 Å². The summed E-state index contributed by atoms with van der Waals surface area (Å²) in [6, 6.07) is -0.105. The number of aromatic nitrogens is 3. The summed E-state index contributed by atoms with van der Waals surface area (Å²) < 4.78 is 6.80. The summed E-state index contributed by atoms with van der Waals surface area (Å²) >= 11 is 0. The van der Waals surface area contributed by atoms with Crippen molar-refractivity contribution < 1.29 is 9.53 Å². The molecule has 1 aliphatic rings. The van der Waals surface area contributed by atoms with E-state index in [2.05, 4.69) is 15.6 Å². The van der Waals surface area contributed by atoms with E-state index >= 15 is 0 Å². The summed E-state index contributed by atoms with van der Waals surface area (Å²) in [6.45, 7) is 0.743. The van der Waals surface area contributed by atoms with Crippen LogP contribution in [0.15, 0.2) is 6.20 Å². The second kappa shape index (κ2) is 4.71. The van der Waals surface area contributed by atoms with Gasteiger partial charge in [-0.05, 0) is 6.42 Å². The molecule has 1 fully saturated rings. The number of carbonyl (C=O) groups is 1. The first-order chi connectivity index (χ1) is 7.69. The molecule has 88 valence electrons. The third kappa shape index (κ3) is 2.45. The standard InChI is InChI=1S/C10H16N4O2/c1-14-6-7(12-13-14)3-10(15)9-4-8(16-2)5-11-9/h6,8-9,11H,3-5H2,1-2H3. The third-order valence-corrected chi connectivity index (χ3v) is 2.82. The molecule has 0 aliphatic carbocycles. The minimum Gasteiger partial charge on any atom is -0.380 e. The fourth-order valence-corrected chi connectivity index (χ4v) is 1.91. The minimum atomic E-state index is -0.105. The molecule has 2 unspecified atom stereocenters. The lowest BCUT2D eigenvalue weighted by Crippen LogP contribution is -2.31. The molecule has 2 heterocycles. The van der Waals surface area contributed by atoms with Crippen LogP contribution in [0.4, 0.5) is 0 Å². The highest BCUT2D eigenvalue weighted by atomic mass is 16.5. The van der Waals surface area contributed by atoms with Crippen LogP contribution in [-0.2, 0) is 23.0 Å². The molecule has 1 aromatic heterocycles. The second-order valence-electron chi connectivity index (χ2n) is 4.08. The minimum absolute atomic E-state index is 0.105. The first kappa shape index (κ1) is 11.2. The topological polar surface area (TPSA) is 69.0 Å². The fourth-order valence-electron chi connectivity index (χ4n) is 1.91. The number of carbonyl (C=O) groups excluding carboxylic acids is 1. The van der Waals surface area contributed by atoms with Crippen LogP contribution in [0, 0.1) is 0 Å². The van der Waals surface area contributed by atoms with Gasteiger partial charge < -0.3 is 10.1 Å². The smallest absolute Gasteiger partial charge is 0.155 e. The molecule has 0 radical (unpaired) electrons. The van der Waals surface area contributed by atoms with Crippen molar-refractivity contribution in [2.45, 2.75) is 25.0 Å². The fraction of sp³-hybridized carbons (Fsp3) is 0.700. The van der Waals surface area contributed by atoms with Gasteiger partial charge in [0.05, 0.1) is 24.3 Å². The van der Waals surface area contributed by atoms with Crippen LogP contribution < -0.4 is 5.32 Å². The molecule has 16 heavy (non-hydrogen) atoms. The summed E-state index contributed by atoms with van der Waals surface area (Å²) in [5.74, 6) is 0.153. The van der Waals surface area contributed by atoms with Crippen molar-refractivity contribution in [2.75, 3.05) is 13.7 Å². The number of aryl methyl sites for hydroxylation is 1. The number of hydrogen-bond donors (Lipinski definition) is 1. The van der Waals surface area contributed by atoms with Gasteiger partial charge in [-0.3, -0.25) is 9.48 Å². The van der Waals surface area contributed by atoms with Gasteiger partial charge in [-0.1, -0.05) is 5.21 Å². The number of ether oxygens (including phenoxy) is 1. The number of nitrogens with zero attached hydrogens (tertiary/aromatic N) is 3. The average molecular weight is 224 g/mol. The number of Topliss-reactive ketones (excluding diaryl/α,β-unsaturated/α-hetero) is 1. The maximum Gasteiger partial charge on any atom is 0.155 e. The Hall–Kier alpha value is -1.27. The summed E-state index contributed by atoms with van der Waals surface area (Å²) in [5.41, 5.74) is 0.718. The van der Waals surface area contributed by atoms with Crippen molar-refractivity contribution in [1.29, 1.82) is 0 Å². The van der Waals surface area contributed by atoms with Gasteiger partial charge in [0.2, 0.25) is 0 Å². The predicted molar refractivity (Wildman–Crippen MR) is 56.9 cm³/mol. The summed E-state index contributed by atoms with van der Waals surface area (Å²) in [7, 11) is 3.46. The van der Waals surface area contributed by atoms with Crippen molar-refractivity contribution in [3.63, 3.8) is 0 Å².